The van der Waals surface area contributed by atoms with Crippen molar-refractivity contribution in [3.05, 3.63) is 81.4 Å². The number of nitrogens with one attached hydrogen (secondary N) is 1. The minimum atomic E-state index is -0.756. The van der Waals surface area contributed by atoms with Gasteiger partial charge < -0.3 is 9.73 Å². The molecule has 1 N–H and O–H groups in total. The number of hydrogen-bond acceptors (Lipinski definition) is 3. The number of carbonyl (C=O) groups excluding carboxylic acids is 1. The summed E-state index contributed by atoms with van der Waals surface area (Å²) in [7, 11) is 0. The molecule has 4 nitrogen and oxygen atoms in total. The van der Waals surface area contributed by atoms with Crippen LogP contribution in [0.1, 0.15) is 10.4 Å². The molecule has 0 radical (unpaired) electrons. The first-order valence-electron chi connectivity index (χ1n) is 7.92. The normalized spacial score (nSPS) is 10.9. The second-order valence-corrected chi connectivity index (χ2v) is 7.04. The van der Waals surface area contributed by atoms with Gasteiger partial charge in [-0.25, -0.2) is 13.8 Å². The minimum Gasteiger partial charge on any atom is -0.436 e. The standard InChI is InChI=1S/C20H11F2IN2O2/c21-12-4-6-15(16(22)9-12)20-25-17-10-14(5-7-18(17)27-20)24-19(26)11-2-1-3-13(23)8-11/h1-10H,(H,24,26). The Bertz CT molecular complexity index is 1170. The molecule has 0 unspecified atom stereocenters. The highest BCUT2D eigenvalue weighted by Gasteiger charge is 2.14. The third-order valence-electron chi connectivity index (χ3n) is 3.89. The number of fused-ring (bicyclic) bond motifs is 1. The summed E-state index contributed by atoms with van der Waals surface area (Å²) >= 11 is 2.14. The number of hydrogen-bond donors (Lipinski definition) is 1. The Labute approximate surface area is 166 Å². The SMILES string of the molecule is O=C(Nc1ccc2oc(-c3ccc(F)cc3F)nc2c1)c1cccc(I)c1. The summed E-state index contributed by atoms with van der Waals surface area (Å²) < 4.78 is 33.5. The molecule has 0 bridgehead atoms. The molecule has 0 saturated heterocycles. The van der Waals surface area contributed by atoms with Crippen LogP contribution in [0.15, 0.2) is 65.1 Å². The Morgan fingerprint density at radius 3 is 2.67 bits per heavy atom. The summed E-state index contributed by atoms with van der Waals surface area (Å²) in [5.41, 5.74) is 2.02. The lowest BCUT2D eigenvalue weighted by Gasteiger charge is -2.05. The zero-order chi connectivity index (χ0) is 19.0. The van der Waals surface area contributed by atoms with Crippen molar-refractivity contribution in [2.24, 2.45) is 0 Å². The van der Waals surface area contributed by atoms with Crippen molar-refractivity contribution in [1.82, 2.24) is 4.98 Å². The Morgan fingerprint density at radius 2 is 1.89 bits per heavy atom. The van der Waals surface area contributed by atoms with Crippen molar-refractivity contribution < 1.29 is 18.0 Å². The molecule has 3 aromatic carbocycles. The zero-order valence-corrected chi connectivity index (χ0v) is 15.8. The van der Waals surface area contributed by atoms with Crippen LogP contribution in [0, 0.1) is 15.2 Å². The van der Waals surface area contributed by atoms with Gasteiger partial charge in [-0.1, -0.05) is 6.07 Å². The molecule has 0 saturated carbocycles. The van der Waals surface area contributed by atoms with Gasteiger partial charge in [-0.15, -0.1) is 0 Å². The highest BCUT2D eigenvalue weighted by molar-refractivity contribution is 14.1. The van der Waals surface area contributed by atoms with Crippen molar-refractivity contribution >= 4 is 45.3 Å². The number of carbonyl (C=O) groups is 1. The Kier molecular flexibility index (Phi) is 4.61. The van der Waals surface area contributed by atoms with E-state index in [-0.39, 0.29) is 17.4 Å². The van der Waals surface area contributed by atoms with Gasteiger partial charge in [0.25, 0.3) is 5.91 Å². The van der Waals surface area contributed by atoms with Gasteiger partial charge in [0.05, 0.1) is 5.56 Å². The molecule has 134 valence electrons. The molecule has 0 fully saturated rings. The van der Waals surface area contributed by atoms with E-state index in [1.807, 2.05) is 6.07 Å². The van der Waals surface area contributed by atoms with E-state index in [4.69, 9.17) is 4.42 Å². The van der Waals surface area contributed by atoms with Crippen LogP contribution in [0.5, 0.6) is 0 Å². The lowest BCUT2D eigenvalue weighted by atomic mass is 10.2. The average molecular weight is 476 g/mol. The predicted molar refractivity (Wildman–Crippen MR) is 106 cm³/mol. The van der Waals surface area contributed by atoms with Crippen LogP contribution in [0.2, 0.25) is 0 Å². The number of rotatable bonds is 3. The number of aromatic nitrogens is 1. The molecule has 1 heterocycles. The van der Waals surface area contributed by atoms with Crippen LogP contribution in [-0.2, 0) is 0 Å². The topological polar surface area (TPSA) is 55.1 Å². The molecule has 0 aliphatic rings. The Morgan fingerprint density at radius 1 is 1.04 bits per heavy atom. The number of halogens is 3. The van der Waals surface area contributed by atoms with E-state index in [0.29, 0.717) is 22.4 Å². The Balaban J connectivity index is 1.64. The van der Waals surface area contributed by atoms with Gasteiger partial charge in [0.15, 0.2) is 5.58 Å². The largest absolute Gasteiger partial charge is 0.436 e. The first-order valence-corrected chi connectivity index (χ1v) is 9.00. The quantitative estimate of drug-likeness (QED) is 0.390. The van der Waals surface area contributed by atoms with Crippen molar-refractivity contribution in [3.63, 3.8) is 0 Å². The molecule has 0 spiro atoms. The maximum atomic E-state index is 13.9. The van der Waals surface area contributed by atoms with E-state index in [1.165, 1.54) is 6.07 Å². The first-order chi connectivity index (χ1) is 13.0. The summed E-state index contributed by atoms with van der Waals surface area (Å²) in [4.78, 5) is 16.6. The maximum Gasteiger partial charge on any atom is 0.255 e. The lowest BCUT2D eigenvalue weighted by molar-refractivity contribution is 0.102. The molecule has 4 rings (SSSR count). The fourth-order valence-electron chi connectivity index (χ4n) is 2.62. The molecule has 4 aromatic rings. The average Bonchev–Trinajstić information content (AvgIpc) is 3.04. The van der Waals surface area contributed by atoms with Crippen LogP contribution in [-0.4, -0.2) is 10.9 Å². The molecule has 0 atom stereocenters. The second-order valence-electron chi connectivity index (χ2n) is 5.79. The second kappa shape index (κ2) is 7.07. The lowest BCUT2D eigenvalue weighted by Crippen LogP contribution is -2.11. The van der Waals surface area contributed by atoms with Crippen molar-refractivity contribution in [3.8, 4) is 11.5 Å². The van der Waals surface area contributed by atoms with E-state index in [0.717, 1.165) is 15.7 Å². The van der Waals surface area contributed by atoms with Crippen LogP contribution in [0.4, 0.5) is 14.5 Å². The van der Waals surface area contributed by atoms with E-state index in [1.54, 1.807) is 36.4 Å². The molecule has 7 heteroatoms. The van der Waals surface area contributed by atoms with Gasteiger partial charge in [-0.05, 0) is 71.1 Å². The predicted octanol–water partition coefficient (Wildman–Crippen LogP) is 5.63. The number of benzene rings is 3. The molecule has 0 aliphatic carbocycles. The highest BCUT2D eigenvalue weighted by atomic mass is 127. The van der Waals surface area contributed by atoms with Gasteiger partial charge in [0, 0.05) is 20.9 Å². The van der Waals surface area contributed by atoms with Gasteiger partial charge >= 0.3 is 0 Å². The fraction of sp³-hybridized carbons (Fsp3) is 0. The van der Waals surface area contributed by atoms with Gasteiger partial charge in [-0.2, -0.15) is 0 Å². The third-order valence-corrected chi connectivity index (χ3v) is 4.56. The molecule has 0 aliphatic heterocycles. The number of nitrogens with zero attached hydrogens (tertiary/aromatic N) is 1. The highest BCUT2D eigenvalue weighted by Crippen LogP contribution is 2.28. The zero-order valence-electron chi connectivity index (χ0n) is 13.7. The smallest absolute Gasteiger partial charge is 0.255 e. The van der Waals surface area contributed by atoms with Gasteiger partial charge in [0.1, 0.15) is 17.2 Å². The van der Waals surface area contributed by atoms with Crippen LogP contribution < -0.4 is 5.32 Å². The molecular weight excluding hydrogens is 465 g/mol. The van der Waals surface area contributed by atoms with Crippen LogP contribution in [0.25, 0.3) is 22.6 Å². The van der Waals surface area contributed by atoms with E-state index >= 15 is 0 Å². The van der Waals surface area contributed by atoms with Crippen molar-refractivity contribution in [2.75, 3.05) is 5.32 Å². The summed E-state index contributed by atoms with van der Waals surface area (Å²) in [6, 6.07) is 15.3. The summed E-state index contributed by atoms with van der Waals surface area (Å²) in [6.45, 7) is 0. The first kappa shape index (κ1) is 17.6. The Hall–Kier alpha value is -2.81. The maximum absolute atomic E-state index is 13.9. The van der Waals surface area contributed by atoms with E-state index < -0.39 is 11.6 Å². The fourth-order valence-corrected chi connectivity index (χ4v) is 3.16. The molecule has 1 amide bonds. The van der Waals surface area contributed by atoms with Gasteiger partial charge in [0.2, 0.25) is 5.89 Å². The monoisotopic (exact) mass is 476 g/mol. The summed E-state index contributed by atoms with van der Waals surface area (Å²) in [6.07, 6.45) is 0. The van der Waals surface area contributed by atoms with Crippen molar-refractivity contribution in [1.29, 1.82) is 0 Å². The molecule has 27 heavy (non-hydrogen) atoms. The van der Waals surface area contributed by atoms with E-state index in [9.17, 15) is 13.6 Å². The third kappa shape index (κ3) is 3.68. The molecule has 1 aromatic heterocycles. The number of amides is 1. The summed E-state index contributed by atoms with van der Waals surface area (Å²) in [5, 5.41) is 2.80. The molecular formula is C20H11F2IN2O2. The van der Waals surface area contributed by atoms with E-state index in [2.05, 4.69) is 32.9 Å². The summed E-state index contributed by atoms with van der Waals surface area (Å²) in [5.74, 6) is -1.63. The van der Waals surface area contributed by atoms with Crippen LogP contribution in [0.3, 0.4) is 0 Å². The minimum absolute atomic E-state index is 0.0450. The number of oxazole rings is 1. The number of anilines is 1. The van der Waals surface area contributed by atoms with Crippen molar-refractivity contribution in [2.45, 2.75) is 0 Å². The van der Waals surface area contributed by atoms with Gasteiger partial charge in [-0.3, -0.25) is 4.79 Å². The van der Waals surface area contributed by atoms with Crippen LogP contribution >= 0.6 is 22.6 Å².